The van der Waals surface area contributed by atoms with Gasteiger partial charge in [0.2, 0.25) is 12.6 Å². The molecule has 4 heterocycles. The summed E-state index contributed by atoms with van der Waals surface area (Å²) in [6.07, 6.45) is 7.59. The van der Waals surface area contributed by atoms with Gasteiger partial charge in [-0.05, 0) is 74.0 Å². The fourth-order valence-electron chi connectivity index (χ4n) is 13.9. The Morgan fingerprint density at radius 2 is 1.07 bits per heavy atom. The fourth-order valence-corrected chi connectivity index (χ4v) is 14.0. The highest BCUT2D eigenvalue weighted by molar-refractivity contribution is 6.26. The van der Waals surface area contributed by atoms with Gasteiger partial charge in [-0.1, -0.05) is 91.2 Å². The van der Waals surface area contributed by atoms with Crippen molar-refractivity contribution >= 4 is 47.1 Å². The van der Waals surface area contributed by atoms with Crippen LogP contribution in [0.25, 0.3) is 0 Å². The van der Waals surface area contributed by atoms with E-state index in [0.29, 0.717) is 25.7 Å². The number of allylic oxidation sites excluding steroid dienone is 4. The Bertz CT molecular complexity index is 1620. The number of halogens is 2. The van der Waals surface area contributed by atoms with Crippen LogP contribution in [0.4, 0.5) is 0 Å². The highest BCUT2D eigenvalue weighted by Crippen LogP contribution is 2.76. The van der Waals surface area contributed by atoms with E-state index in [1.165, 1.54) is 0 Å². The van der Waals surface area contributed by atoms with Crippen LogP contribution in [0, 0.1) is 57.2 Å². The molecule has 56 heavy (non-hydrogen) atoms. The lowest BCUT2D eigenvalue weighted by molar-refractivity contribution is -0.226. The highest BCUT2D eigenvalue weighted by atomic mass is 35.5. The molecule has 0 N–H and O–H groups in total. The van der Waals surface area contributed by atoms with E-state index in [0.717, 1.165) is 36.8 Å². The van der Waals surface area contributed by atoms with E-state index in [9.17, 15) is 19.2 Å². The molecular weight excluding hydrogens is 759 g/mol. The molecule has 8 aliphatic rings. The molecule has 0 aromatic heterocycles. The number of carbonyl (C=O) groups excluding carboxylic acids is 4. The van der Waals surface area contributed by atoms with Crippen LogP contribution in [0.2, 0.25) is 0 Å². The summed E-state index contributed by atoms with van der Waals surface area (Å²) in [7, 11) is 0. The largest absolute Gasteiger partial charge is 0.461 e. The van der Waals surface area contributed by atoms with Gasteiger partial charge in [0, 0.05) is 34.5 Å². The molecule has 8 fully saturated rings. The molecule has 0 radical (unpaired) electrons. The van der Waals surface area contributed by atoms with Crippen LogP contribution in [-0.2, 0) is 47.6 Å². The first-order valence-electron chi connectivity index (χ1n) is 20.3. The average Bonchev–Trinajstić information content (AvgIpc) is 3.91. The molecule has 12 heteroatoms. The summed E-state index contributed by atoms with van der Waals surface area (Å²) in [5.41, 5.74) is -2.57. The normalized spacial score (nSPS) is 49.0. The van der Waals surface area contributed by atoms with Crippen molar-refractivity contribution in [3.63, 3.8) is 0 Å². The number of hydrogen-bond donors (Lipinski definition) is 0. The molecular formula is C44H58Cl2O10. The van der Waals surface area contributed by atoms with Gasteiger partial charge in [0.1, 0.15) is 24.0 Å². The first-order chi connectivity index (χ1) is 26.3. The monoisotopic (exact) mass is 816 g/mol. The van der Waals surface area contributed by atoms with Crippen molar-refractivity contribution in [3.05, 3.63) is 49.6 Å². The van der Waals surface area contributed by atoms with Gasteiger partial charge in [0.15, 0.2) is 11.2 Å². The lowest BCUT2D eigenvalue weighted by atomic mass is 9.45. The molecule has 0 unspecified atom stereocenters. The number of carbonyl (C=O) groups is 4. The number of alkyl halides is 2. The lowest BCUT2D eigenvalue weighted by Gasteiger charge is -2.60. The minimum atomic E-state index is -1.12. The van der Waals surface area contributed by atoms with Gasteiger partial charge in [0.25, 0.3) is 0 Å². The third-order valence-corrected chi connectivity index (χ3v) is 17.6. The van der Waals surface area contributed by atoms with Gasteiger partial charge >= 0.3 is 23.9 Å². The lowest BCUT2D eigenvalue weighted by Crippen LogP contribution is -2.70. The second-order valence-electron chi connectivity index (χ2n) is 18.5. The molecule has 0 amide bonds. The zero-order valence-corrected chi connectivity index (χ0v) is 35.2. The first-order valence-corrected chi connectivity index (χ1v) is 21.3. The van der Waals surface area contributed by atoms with Crippen molar-refractivity contribution in [1.82, 2.24) is 0 Å². The molecule has 10 nitrogen and oxygen atoms in total. The molecule has 8 rings (SSSR count). The van der Waals surface area contributed by atoms with E-state index in [1.807, 2.05) is 13.8 Å². The summed E-state index contributed by atoms with van der Waals surface area (Å²) >= 11 is 11.5. The molecule has 16 atom stereocenters. The van der Waals surface area contributed by atoms with Gasteiger partial charge < -0.3 is 28.4 Å². The molecule has 4 aliphatic carbocycles. The minimum Gasteiger partial charge on any atom is -0.461 e. The Morgan fingerprint density at radius 1 is 0.714 bits per heavy atom. The number of hydrogen-bond acceptors (Lipinski definition) is 10. The molecule has 2 spiro atoms. The average molecular weight is 818 g/mol. The second kappa shape index (κ2) is 14.0. The second-order valence-corrected chi connectivity index (χ2v) is 19.0. The van der Waals surface area contributed by atoms with Crippen molar-refractivity contribution < 1.29 is 47.6 Å². The van der Waals surface area contributed by atoms with E-state index in [2.05, 4.69) is 54.0 Å². The van der Waals surface area contributed by atoms with Crippen LogP contribution in [0.1, 0.15) is 92.9 Å². The Balaban J connectivity index is 0.000000172. The van der Waals surface area contributed by atoms with Crippen LogP contribution in [0.5, 0.6) is 0 Å². The summed E-state index contributed by atoms with van der Waals surface area (Å²) in [5, 5.41) is 0. The third kappa shape index (κ3) is 5.00. The van der Waals surface area contributed by atoms with Crippen molar-refractivity contribution in [1.29, 1.82) is 0 Å². The van der Waals surface area contributed by atoms with Crippen LogP contribution >= 0.6 is 23.2 Å². The van der Waals surface area contributed by atoms with E-state index in [1.54, 1.807) is 12.2 Å². The van der Waals surface area contributed by atoms with E-state index in [4.69, 9.17) is 51.6 Å². The summed E-state index contributed by atoms with van der Waals surface area (Å²) in [5.74, 6) is -1.51. The molecule has 0 aromatic carbocycles. The zero-order valence-electron chi connectivity index (χ0n) is 33.7. The van der Waals surface area contributed by atoms with Crippen LogP contribution < -0.4 is 0 Å². The Hall–Kier alpha value is -2.66. The van der Waals surface area contributed by atoms with Crippen LogP contribution in [0.3, 0.4) is 0 Å². The molecule has 0 aromatic rings. The molecule has 4 saturated carbocycles. The van der Waals surface area contributed by atoms with Gasteiger partial charge in [-0.15, -0.1) is 23.2 Å². The van der Waals surface area contributed by atoms with E-state index in [-0.39, 0.29) is 70.0 Å². The first kappa shape index (κ1) is 41.5. The van der Waals surface area contributed by atoms with Crippen molar-refractivity contribution in [2.45, 2.75) is 129 Å². The quantitative estimate of drug-likeness (QED) is 0.103. The summed E-state index contributed by atoms with van der Waals surface area (Å²) in [6, 6.07) is 0. The number of rotatable bonds is 8. The van der Waals surface area contributed by atoms with E-state index < -0.39 is 58.8 Å². The maximum absolute atomic E-state index is 13.3. The number of esters is 4. The predicted octanol–water partition coefficient (Wildman–Crippen LogP) is 8.00. The Morgan fingerprint density at radius 3 is 1.38 bits per heavy atom. The zero-order chi connectivity index (χ0) is 41.0. The molecule has 8 bridgehead atoms. The predicted molar refractivity (Wildman–Crippen MR) is 209 cm³/mol. The van der Waals surface area contributed by atoms with Crippen molar-refractivity contribution in [3.8, 4) is 0 Å². The molecule has 4 aliphatic heterocycles. The standard InChI is InChI=1S/2C22H29ClO5/c2*1-6-12(2)15-9-16(26-17(24)11-23)20(5)13(3)7-8-21(14(15)4)10-18-27-19(25)22(20,21)28-18/h2*6,13-16,18H,1-2,7-11H2,3-5H3/t2*13-,14+,15+,16-,18+,20+,21+,22-/m11/s1. The van der Waals surface area contributed by atoms with Crippen LogP contribution in [-0.4, -0.2) is 71.6 Å². The SMILES string of the molecule is C=CC(=C)[C@@H]1C[C@@H](OC(=O)CCl)[C@]2(C)[C@H](C)CC[C@]3(C[C@H]4OC(=O)[C@]32O4)[C@H]1C.C=CC(=C)[C@@H]1C[C@@H](OC(=O)CCl)[C@]2(C)[C@H](C)CC[C@]3(C[C@H]4OC(=O)[C@]32O4)[C@H]1C. The summed E-state index contributed by atoms with van der Waals surface area (Å²) in [6.45, 7) is 29.0. The fraction of sp³-hybridized carbons (Fsp3) is 0.727. The highest BCUT2D eigenvalue weighted by Gasteiger charge is 2.85. The molecule has 4 saturated heterocycles. The summed E-state index contributed by atoms with van der Waals surface area (Å²) in [4.78, 5) is 51.2. The van der Waals surface area contributed by atoms with Crippen molar-refractivity contribution in [2.24, 2.45) is 57.2 Å². The van der Waals surface area contributed by atoms with Gasteiger partial charge in [-0.25, -0.2) is 9.59 Å². The van der Waals surface area contributed by atoms with Gasteiger partial charge in [-0.3, -0.25) is 9.59 Å². The minimum absolute atomic E-state index is 0.0328. The smallest absolute Gasteiger partial charge is 0.342 e. The van der Waals surface area contributed by atoms with Crippen LogP contribution in [0.15, 0.2) is 49.6 Å². The summed E-state index contributed by atoms with van der Waals surface area (Å²) < 4.78 is 35.9. The maximum atomic E-state index is 13.3. The van der Waals surface area contributed by atoms with Gasteiger partial charge in [-0.2, -0.15) is 0 Å². The topological polar surface area (TPSA) is 124 Å². The Labute approximate surface area is 341 Å². The van der Waals surface area contributed by atoms with E-state index >= 15 is 0 Å². The van der Waals surface area contributed by atoms with Crippen molar-refractivity contribution in [2.75, 3.05) is 11.8 Å². The maximum Gasteiger partial charge on any atom is 0.342 e. The molecule has 308 valence electrons. The number of fused-ring (bicyclic) bond motifs is 2. The third-order valence-electron chi connectivity index (χ3n) is 17.2. The Kier molecular flexibility index (Phi) is 10.4. The van der Waals surface area contributed by atoms with Gasteiger partial charge in [0.05, 0.1) is 0 Å². The number of ether oxygens (including phenoxy) is 6.